The van der Waals surface area contributed by atoms with Crippen LogP contribution >= 0.6 is 0 Å². The van der Waals surface area contributed by atoms with Gasteiger partial charge in [0.1, 0.15) is 0 Å². The monoisotopic (exact) mass is 623 g/mol. The summed E-state index contributed by atoms with van der Waals surface area (Å²) in [6.07, 6.45) is 20.5. The summed E-state index contributed by atoms with van der Waals surface area (Å²) in [7, 11) is 2.37. The van der Waals surface area contributed by atoms with Gasteiger partial charge in [0.15, 0.2) is 0 Å². The van der Waals surface area contributed by atoms with Gasteiger partial charge in [-0.25, -0.2) is 0 Å². The first kappa shape index (κ1) is 38.1. The van der Waals surface area contributed by atoms with Crippen molar-refractivity contribution < 1.29 is 10.2 Å². The minimum Gasteiger partial charge on any atom is -0.395 e. The Balaban J connectivity index is 1.48. The molecule has 0 bridgehead atoms. The lowest BCUT2D eigenvalue weighted by molar-refractivity contribution is -0.0300. The molecule has 3 fully saturated rings. The lowest BCUT2D eigenvalue weighted by atomic mass is 9.51. The van der Waals surface area contributed by atoms with Gasteiger partial charge in [0.2, 0.25) is 0 Å². The van der Waals surface area contributed by atoms with Crippen LogP contribution in [0.3, 0.4) is 0 Å². The normalized spacial score (nSPS) is 23.5. The summed E-state index contributed by atoms with van der Waals surface area (Å²) < 4.78 is 0. The molecule has 260 valence electrons. The highest BCUT2D eigenvalue weighted by molar-refractivity contribution is 4.99. The molecule has 0 aromatic carbocycles. The zero-order valence-corrected chi connectivity index (χ0v) is 29.3. The van der Waals surface area contributed by atoms with Crippen molar-refractivity contribution in [1.82, 2.24) is 26.2 Å². The topological polar surface area (TPSA) is 118 Å². The van der Waals surface area contributed by atoms with Gasteiger partial charge in [0.05, 0.1) is 12.7 Å². The Labute approximate surface area is 271 Å². The molecule has 3 aliphatic rings. The van der Waals surface area contributed by atoms with Crippen LogP contribution in [-0.4, -0.2) is 105 Å². The molecule has 3 aliphatic carbocycles. The molecule has 8 heteroatoms. The van der Waals surface area contributed by atoms with E-state index in [-0.39, 0.29) is 18.7 Å². The molecular formula is C36H74N6O2. The Morgan fingerprint density at radius 3 is 2.23 bits per heavy atom. The number of likely N-dealkylation sites (N-methyl/N-ethyl adjacent to an activating group) is 1. The highest BCUT2D eigenvalue weighted by Gasteiger charge is 2.47. The first-order chi connectivity index (χ1) is 21.3. The number of hydrogen-bond donors (Lipinski definition) is 7. The summed E-state index contributed by atoms with van der Waals surface area (Å²) in [6, 6.07) is 1.09. The summed E-state index contributed by atoms with van der Waals surface area (Å²) in [5, 5.41) is 34.0. The van der Waals surface area contributed by atoms with Crippen molar-refractivity contribution in [1.29, 1.82) is 0 Å². The van der Waals surface area contributed by atoms with Crippen LogP contribution in [0.25, 0.3) is 0 Å². The summed E-state index contributed by atoms with van der Waals surface area (Å²) in [6.45, 7) is 12.3. The predicted molar refractivity (Wildman–Crippen MR) is 186 cm³/mol. The number of rotatable bonds is 24. The molecule has 0 aromatic rings. The third kappa shape index (κ3) is 13.1. The molecule has 6 atom stereocenters. The standard InChI is InChI=1S/C36H74N6O2/c1-5-11-33(42(4)27-28(2)14-15-30-20-36(21-30)16-10-17-36)24-41-35(31-12-8-6-7-9-13-31)26-39-32(22-37)23-40-34(29(3)44)25-38-18-19-43/h28-35,38-41,43-44H,5-27,37H2,1-4H3/t28-,29+,32+,33+,34+,35-/m1/s1. The lowest BCUT2D eigenvalue weighted by Gasteiger charge is -2.54. The zero-order valence-electron chi connectivity index (χ0n) is 29.3. The van der Waals surface area contributed by atoms with Gasteiger partial charge in [0, 0.05) is 70.0 Å². The molecule has 0 unspecified atom stereocenters. The second-order valence-electron chi connectivity index (χ2n) is 15.5. The van der Waals surface area contributed by atoms with Crippen molar-refractivity contribution >= 4 is 0 Å². The van der Waals surface area contributed by atoms with Gasteiger partial charge in [-0.2, -0.15) is 0 Å². The van der Waals surface area contributed by atoms with Gasteiger partial charge in [-0.05, 0) is 88.5 Å². The minimum absolute atomic E-state index is 0.0750. The van der Waals surface area contributed by atoms with Crippen molar-refractivity contribution in [3.05, 3.63) is 0 Å². The van der Waals surface area contributed by atoms with Gasteiger partial charge >= 0.3 is 0 Å². The Hall–Kier alpha value is -0.320. The summed E-state index contributed by atoms with van der Waals surface area (Å²) in [5.41, 5.74) is 7.04. The number of aliphatic hydroxyl groups is 2. The third-order valence-electron chi connectivity index (χ3n) is 11.6. The van der Waals surface area contributed by atoms with Crippen molar-refractivity contribution in [2.45, 2.75) is 147 Å². The van der Waals surface area contributed by atoms with Crippen molar-refractivity contribution in [3.8, 4) is 0 Å². The molecule has 0 amide bonds. The number of aliphatic hydroxyl groups excluding tert-OH is 2. The van der Waals surface area contributed by atoms with Crippen molar-refractivity contribution in [2.24, 2.45) is 28.9 Å². The van der Waals surface area contributed by atoms with E-state index in [1.807, 2.05) is 6.92 Å². The van der Waals surface area contributed by atoms with Crippen LogP contribution in [0.4, 0.5) is 0 Å². The number of hydrogen-bond acceptors (Lipinski definition) is 8. The van der Waals surface area contributed by atoms with Crippen molar-refractivity contribution in [3.63, 3.8) is 0 Å². The van der Waals surface area contributed by atoms with Crippen LogP contribution in [0, 0.1) is 23.2 Å². The van der Waals surface area contributed by atoms with Crippen LogP contribution in [0.5, 0.6) is 0 Å². The van der Waals surface area contributed by atoms with Crippen LogP contribution in [0.1, 0.15) is 117 Å². The van der Waals surface area contributed by atoms with Gasteiger partial charge < -0.3 is 42.1 Å². The van der Waals surface area contributed by atoms with E-state index in [1.54, 1.807) is 0 Å². The molecule has 8 nitrogen and oxygen atoms in total. The van der Waals surface area contributed by atoms with E-state index in [9.17, 15) is 5.11 Å². The van der Waals surface area contributed by atoms with E-state index in [0.717, 1.165) is 30.3 Å². The Kier molecular flexibility index (Phi) is 18.0. The minimum atomic E-state index is -0.479. The Bertz CT molecular complexity index is 721. The molecular weight excluding hydrogens is 548 g/mol. The maximum Gasteiger partial charge on any atom is 0.0677 e. The molecule has 0 radical (unpaired) electrons. The molecule has 0 heterocycles. The number of nitrogens with two attached hydrogens (primary N) is 1. The van der Waals surface area contributed by atoms with E-state index < -0.39 is 6.10 Å². The maximum atomic E-state index is 10.2. The average Bonchev–Trinajstić information content (AvgIpc) is 3.24. The third-order valence-corrected chi connectivity index (χ3v) is 11.6. The van der Waals surface area contributed by atoms with Crippen molar-refractivity contribution in [2.75, 3.05) is 59.5 Å². The Morgan fingerprint density at radius 1 is 0.909 bits per heavy atom. The summed E-state index contributed by atoms with van der Waals surface area (Å²) in [4.78, 5) is 2.67. The highest BCUT2D eigenvalue weighted by atomic mass is 16.3. The van der Waals surface area contributed by atoms with Gasteiger partial charge in [-0.1, -0.05) is 58.8 Å². The molecule has 0 saturated heterocycles. The maximum absolute atomic E-state index is 10.2. The van der Waals surface area contributed by atoms with Gasteiger partial charge in [-0.3, -0.25) is 0 Å². The van der Waals surface area contributed by atoms with E-state index in [4.69, 9.17) is 10.8 Å². The Morgan fingerprint density at radius 2 is 1.64 bits per heavy atom. The SMILES string of the molecule is CCC[C@@H](CN[C@H](CN[C@@H](CN)CN[C@@H](CNCCO)[C@H](C)O)C1CCCCCC1)N(C)C[C@H](C)CCC1CC2(CCC2)C1. The van der Waals surface area contributed by atoms with Gasteiger partial charge in [0.25, 0.3) is 0 Å². The highest BCUT2D eigenvalue weighted by Crippen LogP contribution is 2.59. The van der Waals surface area contributed by atoms with E-state index in [0.29, 0.717) is 44.2 Å². The largest absolute Gasteiger partial charge is 0.395 e. The molecule has 44 heavy (non-hydrogen) atoms. The first-order valence-corrected chi connectivity index (χ1v) is 18.9. The van der Waals surface area contributed by atoms with E-state index >= 15 is 0 Å². The van der Waals surface area contributed by atoms with E-state index in [1.165, 1.54) is 103 Å². The number of nitrogens with one attached hydrogen (secondary N) is 4. The molecule has 1 spiro atoms. The lowest BCUT2D eigenvalue weighted by Crippen LogP contribution is -2.55. The molecule has 3 saturated carbocycles. The van der Waals surface area contributed by atoms with Gasteiger partial charge in [-0.15, -0.1) is 0 Å². The van der Waals surface area contributed by atoms with Crippen LogP contribution in [-0.2, 0) is 0 Å². The fourth-order valence-electron chi connectivity index (χ4n) is 8.50. The predicted octanol–water partition coefficient (Wildman–Crippen LogP) is 3.85. The van der Waals surface area contributed by atoms with Crippen LogP contribution < -0.4 is 27.0 Å². The molecule has 3 rings (SSSR count). The quantitative estimate of drug-likeness (QED) is 0.0641. The van der Waals surface area contributed by atoms with Crippen LogP contribution in [0.15, 0.2) is 0 Å². The second kappa shape index (κ2) is 20.8. The fraction of sp³-hybridized carbons (Fsp3) is 1.00. The summed E-state index contributed by atoms with van der Waals surface area (Å²) in [5.74, 6) is 2.48. The average molecular weight is 623 g/mol. The number of nitrogens with zero attached hydrogens (tertiary/aromatic N) is 1. The van der Waals surface area contributed by atoms with Crippen LogP contribution in [0.2, 0.25) is 0 Å². The summed E-state index contributed by atoms with van der Waals surface area (Å²) >= 11 is 0. The van der Waals surface area contributed by atoms with E-state index in [2.05, 4.69) is 47.1 Å². The second-order valence-corrected chi connectivity index (χ2v) is 15.5. The molecule has 8 N–H and O–H groups in total. The fourth-order valence-corrected chi connectivity index (χ4v) is 8.50. The molecule has 0 aromatic heterocycles. The smallest absolute Gasteiger partial charge is 0.0677 e. The zero-order chi connectivity index (χ0) is 31.8. The first-order valence-electron chi connectivity index (χ1n) is 18.9. The molecule has 0 aliphatic heterocycles.